The Hall–Kier alpha value is -1.15. The zero-order chi connectivity index (χ0) is 20.7. The first kappa shape index (κ1) is 23.1. The van der Waals surface area contributed by atoms with Crippen molar-refractivity contribution in [2.75, 3.05) is 18.8 Å². The molecule has 0 spiro atoms. The molecular formula is C20H37N3O4S. The molecule has 0 aromatic rings. The second-order valence-corrected chi connectivity index (χ2v) is 10.4. The number of nitrogens with one attached hydrogen (secondary N) is 2. The summed E-state index contributed by atoms with van der Waals surface area (Å²) in [6.45, 7) is 7.12. The van der Waals surface area contributed by atoms with Crippen molar-refractivity contribution >= 4 is 21.8 Å². The van der Waals surface area contributed by atoms with Crippen molar-refractivity contribution in [3.8, 4) is 0 Å². The Labute approximate surface area is 170 Å². The van der Waals surface area contributed by atoms with Crippen molar-refractivity contribution in [3.05, 3.63) is 0 Å². The van der Waals surface area contributed by atoms with Gasteiger partial charge in [0.15, 0.2) is 0 Å². The number of sulfonamides is 1. The number of piperidine rings is 1. The third-order valence-corrected chi connectivity index (χ3v) is 7.40. The van der Waals surface area contributed by atoms with Gasteiger partial charge < -0.3 is 10.2 Å². The van der Waals surface area contributed by atoms with Crippen LogP contribution in [0.5, 0.6) is 0 Å². The summed E-state index contributed by atoms with van der Waals surface area (Å²) in [4.78, 5) is 26.6. The van der Waals surface area contributed by atoms with Gasteiger partial charge in [-0.2, -0.15) is 0 Å². The lowest BCUT2D eigenvalue weighted by molar-refractivity contribution is -0.136. The molecule has 7 nitrogen and oxygen atoms in total. The summed E-state index contributed by atoms with van der Waals surface area (Å²) < 4.78 is 27.7. The van der Waals surface area contributed by atoms with Crippen LogP contribution in [0.4, 0.5) is 0 Å². The number of unbranched alkanes of at least 4 members (excludes halogenated alkanes) is 1. The minimum Gasteiger partial charge on any atom is -0.356 e. The highest BCUT2D eigenvalue weighted by Gasteiger charge is 2.34. The lowest BCUT2D eigenvalue weighted by Gasteiger charge is -2.37. The second kappa shape index (κ2) is 10.6. The molecular weight excluding hydrogens is 378 g/mol. The average Bonchev–Trinajstić information content (AvgIpc) is 2.63. The molecule has 2 N–H and O–H groups in total. The van der Waals surface area contributed by atoms with Crippen LogP contribution in [-0.4, -0.2) is 56.1 Å². The van der Waals surface area contributed by atoms with E-state index < -0.39 is 21.7 Å². The van der Waals surface area contributed by atoms with Crippen LogP contribution in [0.3, 0.4) is 0 Å². The molecule has 2 aliphatic rings. The van der Waals surface area contributed by atoms with Crippen molar-refractivity contribution in [2.45, 2.75) is 84.2 Å². The van der Waals surface area contributed by atoms with E-state index >= 15 is 0 Å². The molecule has 28 heavy (non-hydrogen) atoms. The van der Waals surface area contributed by atoms with Gasteiger partial charge in [0.25, 0.3) is 0 Å². The fourth-order valence-corrected chi connectivity index (χ4v) is 5.44. The standard InChI is InChI=1S/C20H37N3O4S/c1-4-5-12-21-20(25)17-9-8-16(3)23(13-17)19(24)14-28(26,27)22-18-10-6-15(2)7-11-18/h15-18,22H,4-14H2,1-3H3,(H,21,25). The Morgan fingerprint density at radius 3 is 2.36 bits per heavy atom. The predicted octanol–water partition coefficient (Wildman–Crippen LogP) is 2.03. The van der Waals surface area contributed by atoms with Gasteiger partial charge in [-0.25, -0.2) is 13.1 Å². The number of hydrogen-bond acceptors (Lipinski definition) is 4. The van der Waals surface area contributed by atoms with Crippen molar-refractivity contribution in [2.24, 2.45) is 11.8 Å². The Kier molecular flexibility index (Phi) is 8.74. The van der Waals surface area contributed by atoms with E-state index in [4.69, 9.17) is 0 Å². The highest BCUT2D eigenvalue weighted by atomic mass is 32.2. The molecule has 2 fully saturated rings. The summed E-state index contributed by atoms with van der Waals surface area (Å²) in [6, 6.07) is -0.109. The van der Waals surface area contributed by atoms with Crippen molar-refractivity contribution in [1.29, 1.82) is 0 Å². The monoisotopic (exact) mass is 415 g/mol. The average molecular weight is 416 g/mol. The van der Waals surface area contributed by atoms with Crippen molar-refractivity contribution in [3.63, 3.8) is 0 Å². The largest absolute Gasteiger partial charge is 0.356 e. The molecule has 1 saturated heterocycles. The van der Waals surface area contributed by atoms with Gasteiger partial charge in [0, 0.05) is 25.2 Å². The molecule has 1 saturated carbocycles. The van der Waals surface area contributed by atoms with Crippen molar-refractivity contribution in [1.82, 2.24) is 14.9 Å². The van der Waals surface area contributed by atoms with E-state index in [9.17, 15) is 18.0 Å². The summed E-state index contributed by atoms with van der Waals surface area (Å²) >= 11 is 0. The van der Waals surface area contributed by atoms with Crippen LogP contribution in [0.15, 0.2) is 0 Å². The zero-order valence-corrected chi connectivity index (χ0v) is 18.4. The first-order valence-electron chi connectivity index (χ1n) is 10.8. The first-order chi connectivity index (χ1) is 13.2. The molecule has 0 aromatic carbocycles. The molecule has 0 aromatic heterocycles. The zero-order valence-electron chi connectivity index (χ0n) is 17.6. The van der Waals surface area contributed by atoms with E-state index in [1.54, 1.807) is 4.90 Å². The third-order valence-electron chi connectivity index (χ3n) is 6.08. The normalized spacial score (nSPS) is 28.8. The number of hydrogen-bond donors (Lipinski definition) is 2. The summed E-state index contributed by atoms with van der Waals surface area (Å²) in [6.07, 6.45) is 7.07. The molecule has 162 valence electrons. The van der Waals surface area contributed by atoms with Crippen molar-refractivity contribution < 1.29 is 18.0 Å². The SMILES string of the molecule is CCCCNC(=O)C1CCC(C)N(C(=O)CS(=O)(=O)NC2CCC(C)CC2)C1. The Morgan fingerprint density at radius 1 is 1.04 bits per heavy atom. The van der Waals surface area contributed by atoms with E-state index in [1.807, 2.05) is 6.92 Å². The molecule has 1 heterocycles. The van der Waals surface area contributed by atoms with Crippen LogP contribution in [0.2, 0.25) is 0 Å². The van der Waals surface area contributed by atoms with Crippen LogP contribution in [-0.2, 0) is 19.6 Å². The smallest absolute Gasteiger partial charge is 0.239 e. The number of carbonyl (C=O) groups excluding carboxylic acids is 2. The minimum atomic E-state index is -3.67. The van der Waals surface area contributed by atoms with E-state index in [0.29, 0.717) is 25.4 Å². The van der Waals surface area contributed by atoms with Gasteiger partial charge >= 0.3 is 0 Å². The number of nitrogens with zero attached hydrogens (tertiary/aromatic N) is 1. The maximum atomic E-state index is 12.7. The molecule has 0 bridgehead atoms. The number of rotatable bonds is 8. The Morgan fingerprint density at radius 2 is 1.71 bits per heavy atom. The number of amides is 2. The Bertz CT molecular complexity index is 629. The lowest BCUT2D eigenvalue weighted by Crippen LogP contribution is -2.52. The quantitative estimate of drug-likeness (QED) is 0.593. The van der Waals surface area contributed by atoms with E-state index in [1.165, 1.54) is 0 Å². The van der Waals surface area contributed by atoms with Crippen LogP contribution in [0, 0.1) is 11.8 Å². The van der Waals surface area contributed by atoms with Gasteiger partial charge in [-0.3, -0.25) is 9.59 Å². The summed E-state index contributed by atoms with van der Waals surface area (Å²) in [5.74, 6) is -0.594. The molecule has 2 rings (SSSR count). The maximum Gasteiger partial charge on any atom is 0.239 e. The molecule has 1 aliphatic heterocycles. The van der Waals surface area contributed by atoms with E-state index in [-0.39, 0.29) is 23.9 Å². The lowest BCUT2D eigenvalue weighted by atomic mass is 9.88. The van der Waals surface area contributed by atoms with Crippen LogP contribution in [0.1, 0.15) is 72.1 Å². The molecule has 1 aliphatic carbocycles. The van der Waals surface area contributed by atoms with Gasteiger partial charge in [0.05, 0.1) is 5.92 Å². The fourth-order valence-electron chi connectivity index (χ4n) is 4.12. The first-order valence-corrected chi connectivity index (χ1v) is 12.4. The van der Waals surface area contributed by atoms with E-state index in [0.717, 1.165) is 44.9 Å². The number of likely N-dealkylation sites (tertiary alicyclic amines) is 1. The van der Waals surface area contributed by atoms with Gasteiger partial charge in [-0.15, -0.1) is 0 Å². The molecule has 2 unspecified atom stereocenters. The van der Waals surface area contributed by atoms with Crippen LogP contribution < -0.4 is 10.0 Å². The van der Waals surface area contributed by atoms with Gasteiger partial charge in [-0.05, 0) is 57.8 Å². The molecule has 2 amide bonds. The summed E-state index contributed by atoms with van der Waals surface area (Å²) in [5, 5.41) is 2.93. The van der Waals surface area contributed by atoms with Crippen LogP contribution >= 0.6 is 0 Å². The summed E-state index contributed by atoms with van der Waals surface area (Å²) in [7, 11) is -3.67. The van der Waals surface area contributed by atoms with Gasteiger partial charge in [0.2, 0.25) is 21.8 Å². The highest BCUT2D eigenvalue weighted by Crippen LogP contribution is 2.25. The second-order valence-electron chi connectivity index (χ2n) is 8.65. The van der Waals surface area contributed by atoms with Gasteiger partial charge in [-0.1, -0.05) is 20.3 Å². The predicted molar refractivity (Wildman–Crippen MR) is 110 cm³/mol. The summed E-state index contributed by atoms with van der Waals surface area (Å²) in [5.41, 5.74) is 0. The minimum absolute atomic E-state index is 0.0320. The molecule has 0 radical (unpaired) electrons. The Balaban J connectivity index is 1.89. The third kappa shape index (κ3) is 7.03. The van der Waals surface area contributed by atoms with E-state index in [2.05, 4.69) is 23.9 Å². The maximum absolute atomic E-state index is 12.7. The van der Waals surface area contributed by atoms with Crippen LogP contribution in [0.25, 0.3) is 0 Å². The molecule has 2 atom stereocenters. The molecule has 8 heteroatoms. The highest BCUT2D eigenvalue weighted by molar-refractivity contribution is 7.90. The van der Waals surface area contributed by atoms with Gasteiger partial charge in [0.1, 0.15) is 5.75 Å². The topological polar surface area (TPSA) is 95.6 Å². The fraction of sp³-hybridized carbons (Fsp3) is 0.900. The number of carbonyl (C=O) groups is 2.